The number of rotatable bonds is 3. The van der Waals surface area contributed by atoms with E-state index in [-0.39, 0.29) is 0 Å². The minimum absolute atomic E-state index is 0.322. The van der Waals surface area contributed by atoms with E-state index in [2.05, 4.69) is 32.2 Å². The quantitative estimate of drug-likeness (QED) is 0.836. The molecule has 1 aromatic carbocycles. The minimum Gasteiger partial charge on any atom is -0.384 e. The van der Waals surface area contributed by atoms with Crippen molar-refractivity contribution < 1.29 is 0 Å². The molecule has 1 rings (SSSR count). The molecule has 2 heteroatoms. The van der Waals surface area contributed by atoms with Crippen molar-refractivity contribution in [1.29, 1.82) is 5.26 Å². The summed E-state index contributed by atoms with van der Waals surface area (Å²) in [5.41, 5.74) is 3.17. The van der Waals surface area contributed by atoms with Crippen LogP contribution in [0.25, 0.3) is 0 Å². The molecule has 0 heterocycles. The summed E-state index contributed by atoms with van der Waals surface area (Å²) in [5, 5.41) is 12.4. The molecule has 86 valence electrons. The van der Waals surface area contributed by atoms with Gasteiger partial charge in [-0.25, -0.2) is 0 Å². The highest BCUT2D eigenvalue weighted by atomic mass is 14.9. The van der Waals surface area contributed by atoms with E-state index >= 15 is 0 Å². The van der Waals surface area contributed by atoms with Crippen LogP contribution in [0.15, 0.2) is 18.2 Å². The van der Waals surface area contributed by atoms with Crippen LogP contribution >= 0.6 is 0 Å². The predicted molar refractivity (Wildman–Crippen MR) is 68.5 cm³/mol. The van der Waals surface area contributed by atoms with E-state index in [1.807, 2.05) is 25.1 Å². The van der Waals surface area contributed by atoms with Gasteiger partial charge in [-0.15, -0.1) is 0 Å². The molecule has 16 heavy (non-hydrogen) atoms. The van der Waals surface area contributed by atoms with E-state index in [1.165, 1.54) is 0 Å². The van der Waals surface area contributed by atoms with Gasteiger partial charge in [0, 0.05) is 6.54 Å². The van der Waals surface area contributed by atoms with Crippen molar-refractivity contribution in [3.05, 3.63) is 29.3 Å². The molecule has 0 bridgehead atoms. The topological polar surface area (TPSA) is 35.8 Å². The van der Waals surface area contributed by atoms with Gasteiger partial charge >= 0.3 is 0 Å². The monoisotopic (exact) mass is 216 g/mol. The third kappa shape index (κ3) is 3.58. The molecule has 0 aromatic heterocycles. The highest BCUT2D eigenvalue weighted by molar-refractivity contribution is 5.62. The van der Waals surface area contributed by atoms with Gasteiger partial charge in [0.1, 0.15) is 6.07 Å². The number of hydrogen-bond acceptors (Lipinski definition) is 2. The van der Waals surface area contributed by atoms with Crippen LogP contribution in [0.3, 0.4) is 0 Å². The highest BCUT2D eigenvalue weighted by Gasteiger charge is 2.10. The number of hydrogen-bond donors (Lipinski definition) is 1. The van der Waals surface area contributed by atoms with Gasteiger partial charge in [0.2, 0.25) is 0 Å². The van der Waals surface area contributed by atoms with Gasteiger partial charge in [0.05, 0.1) is 11.3 Å². The van der Waals surface area contributed by atoms with E-state index in [9.17, 15) is 0 Å². The summed E-state index contributed by atoms with van der Waals surface area (Å²) >= 11 is 0. The second-order valence-electron chi connectivity index (χ2n) is 5.35. The van der Waals surface area contributed by atoms with Gasteiger partial charge in [-0.2, -0.15) is 5.26 Å². The Bertz CT molecular complexity index is 394. The first-order chi connectivity index (χ1) is 7.44. The molecule has 0 unspecified atom stereocenters. The zero-order valence-electron chi connectivity index (χ0n) is 10.6. The van der Waals surface area contributed by atoms with Crippen LogP contribution in [0.4, 0.5) is 5.69 Å². The summed E-state index contributed by atoms with van der Waals surface area (Å²) in [7, 11) is 0. The summed E-state index contributed by atoms with van der Waals surface area (Å²) in [6.07, 6.45) is 1.09. The maximum atomic E-state index is 9.01. The lowest BCUT2D eigenvalue weighted by atomic mass is 9.92. The van der Waals surface area contributed by atoms with Crippen molar-refractivity contribution in [2.45, 2.75) is 34.1 Å². The molecule has 0 aliphatic rings. The van der Waals surface area contributed by atoms with E-state index in [4.69, 9.17) is 5.26 Å². The maximum absolute atomic E-state index is 9.01. The average molecular weight is 216 g/mol. The van der Waals surface area contributed by atoms with Crippen LogP contribution in [-0.4, -0.2) is 6.54 Å². The third-order valence-electron chi connectivity index (χ3n) is 2.57. The van der Waals surface area contributed by atoms with Gasteiger partial charge in [-0.05, 0) is 30.4 Å². The summed E-state index contributed by atoms with van der Waals surface area (Å²) in [6.45, 7) is 9.59. The molecule has 1 aromatic rings. The Hall–Kier alpha value is -1.49. The molecule has 0 radical (unpaired) electrons. The zero-order chi connectivity index (χ0) is 12.2. The van der Waals surface area contributed by atoms with E-state index in [0.29, 0.717) is 5.41 Å². The molecular weight excluding hydrogens is 196 g/mol. The molecule has 0 amide bonds. The fourth-order valence-corrected chi connectivity index (χ4v) is 1.56. The van der Waals surface area contributed by atoms with Gasteiger partial charge in [0.25, 0.3) is 0 Å². The summed E-state index contributed by atoms with van der Waals surface area (Å²) in [5.74, 6) is 0. The molecule has 0 saturated carbocycles. The van der Waals surface area contributed by atoms with Crippen molar-refractivity contribution in [3.8, 4) is 6.07 Å². The first-order valence-electron chi connectivity index (χ1n) is 5.67. The van der Waals surface area contributed by atoms with E-state index in [0.717, 1.165) is 29.8 Å². The number of aryl methyl sites for hydroxylation is 1. The Morgan fingerprint density at radius 2 is 2.00 bits per heavy atom. The first-order valence-corrected chi connectivity index (χ1v) is 5.67. The number of nitrogens with one attached hydrogen (secondary N) is 1. The van der Waals surface area contributed by atoms with Crippen molar-refractivity contribution in [1.82, 2.24) is 0 Å². The van der Waals surface area contributed by atoms with Crippen molar-refractivity contribution in [2.75, 3.05) is 11.9 Å². The highest BCUT2D eigenvalue weighted by Crippen LogP contribution is 2.22. The molecule has 0 saturated heterocycles. The lowest BCUT2D eigenvalue weighted by Gasteiger charge is -2.19. The molecule has 2 nitrogen and oxygen atoms in total. The summed E-state index contributed by atoms with van der Waals surface area (Å²) < 4.78 is 0. The Morgan fingerprint density at radius 1 is 1.31 bits per heavy atom. The Balaban J connectivity index is 2.71. The minimum atomic E-state index is 0.322. The van der Waals surface area contributed by atoms with Gasteiger partial charge in [-0.3, -0.25) is 0 Å². The van der Waals surface area contributed by atoms with Crippen LogP contribution in [0.2, 0.25) is 0 Å². The Morgan fingerprint density at radius 3 is 2.56 bits per heavy atom. The van der Waals surface area contributed by atoms with Gasteiger partial charge < -0.3 is 5.32 Å². The van der Waals surface area contributed by atoms with Crippen LogP contribution < -0.4 is 5.32 Å². The SMILES string of the molecule is Cc1cccc(C#N)c1NCCC(C)(C)C. The number of nitrogens with zero attached hydrogens (tertiary/aromatic N) is 1. The van der Waals surface area contributed by atoms with Crippen molar-refractivity contribution in [2.24, 2.45) is 5.41 Å². The van der Waals surface area contributed by atoms with Gasteiger partial charge in [0.15, 0.2) is 0 Å². The first kappa shape index (κ1) is 12.6. The lowest BCUT2D eigenvalue weighted by Crippen LogP contribution is -2.13. The standard InChI is InChI=1S/C14H20N2/c1-11-6-5-7-12(10-15)13(11)16-9-8-14(2,3)4/h5-7,16H,8-9H2,1-4H3. The maximum Gasteiger partial charge on any atom is 0.101 e. The zero-order valence-corrected chi connectivity index (χ0v) is 10.6. The number of anilines is 1. The predicted octanol–water partition coefficient (Wildman–Crippen LogP) is 3.71. The molecule has 1 N–H and O–H groups in total. The number of benzene rings is 1. The average Bonchev–Trinajstić information content (AvgIpc) is 2.18. The Kier molecular flexibility index (Phi) is 3.95. The second-order valence-corrected chi connectivity index (χ2v) is 5.35. The lowest BCUT2D eigenvalue weighted by molar-refractivity contribution is 0.390. The molecule has 0 fully saturated rings. The summed E-state index contributed by atoms with van der Waals surface area (Å²) in [4.78, 5) is 0. The fourth-order valence-electron chi connectivity index (χ4n) is 1.56. The second kappa shape index (κ2) is 5.03. The largest absolute Gasteiger partial charge is 0.384 e. The van der Waals surface area contributed by atoms with Crippen molar-refractivity contribution >= 4 is 5.69 Å². The van der Waals surface area contributed by atoms with Crippen LogP contribution in [0.5, 0.6) is 0 Å². The van der Waals surface area contributed by atoms with Crippen LogP contribution in [-0.2, 0) is 0 Å². The smallest absolute Gasteiger partial charge is 0.101 e. The molecular formula is C14H20N2. The number of nitriles is 1. The number of para-hydroxylation sites is 1. The van der Waals surface area contributed by atoms with Gasteiger partial charge in [-0.1, -0.05) is 32.9 Å². The Labute approximate surface area is 98.3 Å². The van der Waals surface area contributed by atoms with E-state index < -0.39 is 0 Å². The molecule has 0 atom stereocenters. The van der Waals surface area contributed by atoms with Crippen LogP contribution in [0.1, 0.15) is 38.3 Å². The third-order valence-corrected chi connectivity index (χ3v) is 2.57. The van der Waals surface area contributed by atoms with E-state index in [1.54, 1.807) is 0 Å². The summed E-state index contributed by atoms with van der Waals surface area (Å²) in [6, 6.07) is 8.02. The van der Waals surface area contributed by atoms with Crippen molar-refractivity contribution in [3.63, 3.8) is 0 Å². The molecule has 0 aliphatic heterocycles. The van der Waals surface area contributed by atoms with Crippen LogP contribution in [0, 0.1) is 23.7 Å². The molecule has 0 spiro atoms. The molecule has 0 aliphatic carbocycles. The normalized spacial score (nSPS) is 10.9. The fraction of sp³-hybridized carbons (Fsp3) is 0.500.